The van der Waals surface area contributed by atoms with Crippen LogP contribution in [0.25, 0.3) is 0 Å². The molecule has 1 amide bonds. The minimum Gasteiger partial charge on any atom is -0.378 e. The molecule has 2 saturated heterocycles. The lowest BCUT2D eigenvalue weighted by Crippen LogP contribution is -2.36. The van der Waals surface area contributed by atoms with Gasteiger partial charge in [-0.2, -0.15) is 0 Å². The maximum absolute atomic E-state index is 12.6. The average Bonchev–Trinajstić information content (AvgIpc) is 3.28. The van der Waals surface area contributed by atoms with Crippen LogP contribution in [0.1, 0.15) is 65.5 Å². The second-order valence-electron chi connectivity index (χ2n) is 5.68. The van der Waals surface area contributed by atoms with Crippen LogP contribution in [0.5, 0.6) is 0 Å². The molecule has 0 bridgehead atoms. The highest BCUT2D eigenvalue weighted by molar-refractivity contribution is 5.80. The van der Waals surface area contributed by atoms with Gasteiger partial charge in [0, 0.05) is 6.54 Å². The predicted octanol–water partition coefficient (Wildman–Crippen LogP) is 4.83. The van der Waals surface area contributed by atoms with Gasteiger partial charge in [-0.1, -0.05) is 58.0 Å². The van der Waals surface area contributed by atoms with Crippen LogP contribution in [-0.2, 0) is 9.53 Å². The van der Waals surface area contributed by atoms with Gasteiger partial charge < -0.3 is 9.64 Å². The minimum atomic E-state index is 0.0688. The fraction of sp³-hybridized carbons (Fsp3) is 0.650. The normalized spacial score (nSPS) is 26.0. The summed E-state index contributed by atoms with van der Waals surface area (Å²) < 4.78 is 5.54. The van der Waals surface area contributed by atoms with E-state index >= 15 is 0 Å². The van der Waals surface area contributed by atoms with Gasteiger partial charge in [0.25, 0.3) is 0 Å². The second-order valence-corrected chi connectivity index (χ2v) is 5.68. The molecular formula is C20H33NO2. The first-order valence-corrected chi connectivity index (χ1v) is 9.22. The van der Waals surface area contributed by atoms with E-state index in [1.54, 1.807) is 0 Å². The van der Waals surface area contributed by atoms with Crippen molar-refractivity contribution in [2.75, 3.05) is 13.2 Å². The van der Waals surface area contributed by atoms with Crippen molar-refractivity contribution in [2.45, 2.75) is 66.0 Å². The smallest absolute Gasteiger partial charge is 0.228 e. The molecule has 2 heterocycles. The van der Waals surface area contributed by atoms with Crippen molar-refractivity contribution in [3.8, 4) is 0 Å². The van der Waals surface area contributed by atoms with Crippen LogP contribution >= 0.6 is 0 Å². The van der Waals surface area contributed by atoms with Gasteiger partial charge in [0.15, 0.2) is 0 Å². The van der Waals surface area contributed by atoms with Crippen molar-refractivity contribution >= 4 is 5.91 Å². The molecule has 3 unspecified atom stereocenters. The largest absolute Gasteiger partial charge is 0.378 e. The molecule has 2 fully saturated rings. The monoisotopic (exact) mass is 319 g/mol. The number of likely N-dealkylation sites (tertiary alicyclic amines) is 1. The van der Waals surface area contributed by atoms with Gasteiger partial charge in [0.05, 0.1) is 24.7 Å². The van der Waals surface area contributed by atoms with Crippen LogP contribution < -0.4 is 0 Å². The minimum absolute atomic E-state index is 0.0688. The van der Waals surface area contributed by atoms with Crippen LogP contribution in [0.2, 0.25) is 0 Å². The second kappa shape index (κ2) is 10.4. The third-order valence-corrected chi connectivity index (χ3v) is 4.27. The lowest BCUT2D eigenvalue weighted by atomic mass is 10.0. The summed E-state index contributed by atoms with van der Waals surface area (Å²) in [5.74, 6) is 0.356. The summed E-state index contributed by atoms with van der Waals surface area (Å²) in [6.45, 7) is 11.5. The first-order chi connectivity index (χ1) is 11.3. The first kappa shape index (κ1) is 19.7. The number of hydrogen-bond acceptors (Lipinski definition) is 2. The maximum atomic E-state index is 12.6. The van der Waals surface area contributed by atoms with E-state index in [2.05, 4.69) is 29.2 Å². The standard InChI is InChI=1S/C16H21NO2.2C2H6/c1-12-10-14(11-19-12)16(18)17-9-5-8-15(17)13-6-3-2-4-7-13;2*1-2/h2-4,6-7,12,14-15H,5,8-11H2,1H3;2*1-2H3. The van der Waals surface area contributed by atoms with Gasteiger partial charge in [0.1, 0.15) is 0 Å². The Morgan fingerprint density at radius 3 is 2.35 bits per heavy atom. The zero-order valence-electron chi connectivity index (χ0n) is 15.4. The topological polar surface area (TPSA) is 29.5 Å². The van der Waals surface area contributed by atoms with Crippen LogP contribution in [0, 0.1) is 5.92 Å². The van der Waals surface area contributed by atoms with Crippen molar-refractivity contribution in [1.29, 1.82) is 0 Å². The number of amides is 1. The third kappa shape index (κ3) is 5.07. The van der Waals surface area contributed by atoms with E-state index in [4.69, 9.17) is 4.74 Å². The number of rotatable bonds is 2. The van der Waals surface area contributed by atoms with E-state index in [1.165, 1.54) is 5.56 Å². The number of hydrogen-bond donors (Lipinski definition) is 0. The van der Waals surface area contributed by atoms with Crippen LogP contribution in [0.15, 0.2) is 30.3 Å². The molecule has 3 rings (SSSR count). The highest BCUT2D eigenvalue weighted by Gasteiger charge is 2.36. The Kier molecular flexibility index (Phi) is 8.93. The van der Waals surface area contributed by atoms with Gasteiger partial charge in [-0.3, -0.25) is 4.79 Å². The number of benzene rings is 1. The Balaban J connectivity index is 0.000000615. The van der Waals surface area contributed by atoms with E-state index in [0.717, 1.165) is 25.8 Å². The van der Waals surface area contributed by atoms with Gasteiger partial charge in [-0.05, 0) is 31.7 Å². The van der Waals surface area contributed by atoms with Gasteiger partial charge in [-0.15, -0.1) is 0 Å². The third-order valence-electron chi connectivity index (χ3n) is 4.27. The average molecular weight is 319 g/mol. The van der Waals surface area contributed by atoms with Crippen molar-refractivity contribution in [3.05, 3.63) is 35.9 Å². The first-order valence-electron chi connectivity index (χ1n) is 9.22. The number of nitrogens with zero attached hydrogens (tertiary/aromatic N) is 1. The van der Waals surface area contributed by atoms with Crippen molar-refractivity contribution in [1.82, 2.24) is 4.90 Å². The molecule has 3 atom stereocenters. The Hall–Kier alpha value is -1.35. The molecule has 0 N–H and O–H groups in total. The molecule has 2 aliphatic heterocycles. The lowest BCUT2D eigenvalue weighted by Gasteiger charge is -2.27. The molecule has 3 heteroatoms. The molecular weight excluding hydrogens is 286 g/mol. The SMILES string of the molecule is CC.CC.CC1CC(C(=O)N2CCCC2c2ccccc2)CO1. The van der Waals surface area contributed by atoms with Gasteiger partial charge in [0.2, 0.25) is 5.91 Å². The summed E-state index contributed by atoms with van der Waals surface area (Å²) in [7, 11) is 0. The zero-order valence-corrected chi connectivity index (χ0v) is 15.4. The molecule has 2 aliphatic rings. The number of carbonyl (C=O) groups excluding carboxylic acids is 1. The van der Waals surface area contributed by atoms with Crippen LogP contribution in [0.4, 0.5) is 0 Å². The van der Waals surface area contributed by atoms with Gasteiger partial charge in [-0.25, -0.2) is 0 Å². The molecule has 0 saturated carbocycles. The lowest BCUT2D eigenvalue weighted by molar-refractivity contribution is -0.136. The molecule has 1 aromatic carbocycles. The summed E-state index contributed by atoms with van der Waals surface area (Å²) in [6, 6.07) is 10.7. The summed E-state index contributed by atoms with van der Waals surface area (Å²) >= 11 is 0. The van der Waals surface area contributed by atoms with Crippen LogP contribution in [0.3, 0.4) is 0 Å². The van der Waals surface area contributed by atoms with E-state index in [-0.39, 0.29) is 24.0 Å². The van der Waals surface area contributed by atoms with Gasteiger partial charge >= 0.3 is 0 Å². The predicted molar refractivity (Wildman–Crippen MR) is 96.3 cm³/mol. The summed E-state index contributed by atoms with van der Waals surface area (Å²) in [4.78, 5) is 14.7. The number of ether oxygens (including phenoxy) is 1. The summed E-state index contributed by atoms with van der Waals surface area (Å²) in [6.07, 6.45) is 3.29. The highest BCUT2D eigenvalue weighted by Crippen LogP contribution is 2.34. The summed E-state index contributed by atoms with van der Waals surface area (Å²) in [5.41, 5.74) is 1.26. The molecule has 3 nitrogen and oxygen atoms in total. The maximum Gasteiger partial charge on any atom is 0.228 e. The molecule has 0 aromatic heterocycles. The van der Waals surface area contributed by atoms with E-state index in [1.807, 2.05) is 40.7 Å². The Morgan fingerprint density at radius 1 is 1.13 bits per heavy atom. The molecule has 23 heavy (non-hydrogen) atoms. The Bertz CT molecular complexity index is 446. The number of carbonyl (C=O) groups is 1. The summed E-state index contributed by atoms with van der Waals surface area (Å²) in [5, 5.41) is 0. The van der Waals surface area contributed by atoms with E-state index < -0.39 is 0 Å². The van der Waals surface area contributed by atoms with Crippen molar-refractivity contribution in [3.63, 3.8) is 0 Å². The molecule has 0 radical (unpaired) electrons. The highest BCUT2D eigenvalue weighted by atomic mass is 16.5. The Morgan fingerprint density at radius 2 is 1.78 bits per heavy atom. The van der Waals surface area contributed by atoms with Crippen molar-refractivity contribution in [2.24, 2.45) is 5.92 Å². The molecule has 0 aliphatic carbocycles. The van der Waals surface area contributed by atoms with E-state index in [9.17, 15) is 4.79 Å². The quantitative estimate of drug-likeness (QED) is 0.781. The van der Waals surface area contributed by atoms with E-state index in [0.29, 0.717) is 6.61 Å². The van der Waals surface area contributed by atoms with Crippen molar-refractivity contribution < 1.29 is 9.53 Å². The zero-order chi connectivity index (χ0) is 17.2. The fourth-order valence-electron chi connectivity index (χ4n) is 3.28. The molecule has 1 aromatic rings. The molecule has 0 spiro atoms. The Labute approximate surface area is 142 Å². The van der Waals surface area contributed by atoms with Crippen LogP contribution in [-0.4, -0.2) is 30.1 Å². The fourth-order valence-corrected chi connectivity index (χ4v) is 3.28. The molecule has 130 valence electrons.